The molecular formula is C12H15N3. The summed E-state index contributed by atoms with van der Waals surface area (Å²) in [6.07, 6.45) is 2.88. The molecule has 0 aliphatic carbocycles. The third kappa shape index (κ3) is 1.91. The minimum atomic E-state index is 0.440. The smallest absolute Gasteiger partial charge is 0.163 e. The fraction of sp³-hybridized carbons (Fsp3) is 0.333. The molecule has 0 aliphatic rings. The van der Waals surface area contributed by atoms with Crippen molar-refractivity contribution in [1.82, 2.24) is 14.8 Å². The predicted octanol–water partition coefficient (Wildman–Crippen LogP) is 2.92. The van der Waals surface area contributed by atoms with Crippen molar-refractivity contribution >= 4 is 0 Å². The predicted molar refractivity (Wildman–Crippen MR) is 60.5 cm³/mol. The van der Waals surface area contributed by atoms with E-state index in [-0.39, 0.29) is 0 Å². The molecule has 0 fully saturated rings. The zero-order chi connectivity index (χ0) is 10.7. The summed E-state index contributed by atoms with van der Waals surface area (Å²) in [4.78, 5) is 0. The summed E-state index contributed by atoms with van der Waals surface area (Å²) in [7, 11) is 0. The Labute approximate surface area is 89.8 Å². The van der Waals surface area contributed by atoms with E-state index in [1.807, 2.05) is 18.2 Å². The van der Waals surface area contributed by atoms with E-state index in [9.17, 15) is 0 Å². The molecule has 1 unspecified atom stereocenters. The van der Waals surface area contributed by atoms with Gasteiger partial charge in [-0.15, -0.1) is 10.2 Å². The van der Waals surface area contributed by atoms with Gasteiger partial charge in [-0.05, 0) is 13.3 Å². The van der Waals surface area contributed by atoms with Gasteiger partial charge in [0.1, 0.15) is 6.33 Å². The van der Waals surface area contributed by atoms with Gasteiger partial charge in [-0.1, -0.05) is 37.3 Å². The Morgan fingerprint density at radius 3 is 2.67 bits per heavy atom. The summed E-state index contributed by atoms with van der Waals surface area (Å²) in [5.74, 6) is 0.949. The van der Waals surface area contributed by atoms with Crippen LogP contribution in [-0.4, -0.2) is 14.8 Å². The van der Waals surface area contributed by atoms with Gasteiger partial charge < -0.3 is 4.57 Å². The molecule has 1 aromatic carbocycles. The van der Waals surface area contributed by atoms with E-state index in [0.29, 0.717) is 6.04 Å². The Bertz CT molecular complexity index is 419. The van der Waals surface area contributed by atoms with E-state index >= 15 is 0 Å². The molecule has 0 radical (unpaired) electrons. The third-order valence-electron chi connectivity index (χ3n) is 2.67. The lowest BCUT2D eigenvalue weighted by atomic mass is 10.2. The van der Waals surface area contributed by atoms with E-state index < -0.39 is 0 Å². The SMILES string of the molecule is CCC(C)n1cnnc1-c1ccccc1. The van der Waals surface area contributed by atoms with Gasteiger partial charge in [0.25, 0.3) is 0 Å². The summed E-state index contributed by atoms with van der Waals surface area (Å²) < 4.78 is 2.12. The highest BCUT2D eigenvalue weighted by Crippen LogP contribution is 2.20. The number of hydrogen-bond donors (Lipinski definition) is 0. The topological polar surface area (TPSA) is 30.7 Å². The van der Waals surface area contributed by atoms with Crippen LogP contribution in [0.2, 0.25) is 0 Å². The molecule has 3 heteroatoms. The second kappa shape index (κ2) is 4.26. The second-order valence-electron chi connectivity index (χ2n) is 3.69. The first-order valence-electron chi connectivity index (χ1n) is 5.28. The van der Waals surface area contributed by atoms with Gasteiger partial charge in [0, 0.05) is 11.6 Å². The van der Waals surface area contributed by atoms with Crippen LogP contribution < -0.4 is 0 Å². The van der Waals surface area contributed by atoms with E-state index in [4.69, 9.17) is 0 Å². The van der Waals surface area contributed by atoms with Crippen molar-refractivity contribution in [2.24, 2.45) is 0 Å². The third-order valence-corrected chi connectivity index (χ3v) is 2.67. The first-order valence-corrected chi connectivity index (χ1v) is 5.28. The highest BCUT2D eigenvalue weighted by molar-refractivity contribution is 5.54. The van der Waals surface area contributed by atoms with Crippen LogP contribution in [0.4, 0.5) is 0 Å². The molecule has 15 heavy (non-hydrogen) atoms. The highest BCUT2D eigenvalue weighted by Gasteiger charge is 2.10. The van der Waals surface area contributed by atoms with Crippen molar-refractivity contribution in [3.8, 4) is 11.4 Å². The summed E-state index contributed by atoms with van der Waals surface area (Å²) >= 11 is 0. The Morgan fingerprint density at radius 1 is 1.27 bits per heavy atom. The number of benzene rings is 1. The molecule has 1 heterocycles. The van der Waals surface area contributed by atoms with E-state index in [1.54, 1.807) is 6.33 Å². The van der Waals surface area contributed by atoms with Gasteiger partial charge in [-0.3, -0.25) is 0 Å². The molecule has 0 saturated heterocycles. The van der Waals surface area contributed by atoms with E-state index in [1.165, 1.54) is 0 Å². The van der Waals surface area contributed by atoms with Gasteiger partial charge in [0.2, 0.25) is 0 Å². The van der Waals surface area contributed by atoms with Crippen molar-refractivity contribution in [3.63, 3.8) is 0 Å². The van der Waals surface area contributed by atoms with Gasteiger partial charge in [-0.25, -0.2) is 0 Å². The van der Waals surface area contributed by atoms with Gasteiger partial charge in [0.15, 0.2) is 5.82 Å². The molecule has 1 aromatic heterocycles. The summed E-state index contributed by atoms with van der Waals surface area (Å²) in [5, 5.41) is 8.15. The molecule has 78 valence electrons. The van der Waals surface area contributed by atoms with Crippen LogP contribution in [0.15, 0.2) is 36.7 Å². The lowest BCUT2D eigenvalue weighted by Gasteiger charge is -2.12. The molecule has 3 nitrogen and oxygen atoms in total. The van der Waals surface area contributed by atoms with Crippen LogP contribution in [0.5, 0.6) is 0 Å². The fourth-order valence-electron chi connectivity index (χ4n) is 1.56. The maximum Gasteiger partial charge on any atom is 0.163 e. The minimum Gasteiger partial charge on any atom is -0.311 e. The van der Waals surface area contributed by atoms with Crippen molar-refractivity contribution in [2.75, 3.05) is 0 Å². The first kappa shape index (κ1) is 9.90. The number of rotatable bonds is 3. The van der Waals surface area contributed by atoms with Crippen molar-refractivity contribution in [1.29, 1.82) is 0 Å². The van der Waals surface area contributed by atoms with Crippen molar-refractivity contribution in [2.45, 2.75) is 26.3 Å². The van der Waals surface area contributed by atoms with Crippen LogP contribution in [-0.2, 0) is 0 Å². The van der Waals surface area contributed by atoms with E-state index in [2.05, 4.69) is 40.7 Å². The normalized spacial score (nSPS) is 12.7. The van der Waals surface area contributed by atoms with Crippen LogP contribution in [0, 0.1) is 0 Å². The highest BCUT2D eigenvalue weighted by atomic mass is 15.3. The van der Waals surface area contributed by atoms with Crippen LogP contribution >= 0.6 is 0 Å². The van der Waals surface area contributed by atoms with Crippen LogP contribution in [0.1, 0.15) is 26.3 Å². The average molecular weight is 201 g/mol. The van der Waals surface area contributed by atoms with Crippen molar-refractivity contribution in [3.05, 3.63) is 36.7 Å². The maximum atomic E-state index is 4.17. The Kier molecular flexibility index (Phi) is 2.81. The largest absolute Gasteiger partial charge is 0.311 e. The minimum absolute atomic E-state index is 0.440. The standard InChI is InChI=1S/C12H15N3/c1-3-10(2)15-9-13-14-12(15)11-7-5-4-6-8-11/h4-10H,3H2,1-2H3. The van der Waals surface area contributed by atoms with Gasteiger partial charge in [0.05, 0.1) is 0 Å². The Balaban J connectivity index is 2.41. The zero-order valence-corrected chi connectivity index (χ0v) is 9.09. The number of aromatic nitrogens is 3. The molecule has 2 rings (SSSR count). The second-order valence-corrected chi connectivity index (χ2v) is 3.69. The fourth-order valence-corrected chi connectivity index (χ4v) is 1.56. The zero-order valence-electron chi connectivity index (χ0n) is 9.09. The average Bonchev–Trinajstić information content (AvgIpc) is 2.78. The molecule has 0 spiro atoms. The Morgan fingerprint density at radius 2 is 2.00 bits per heavy atom. The van der Waals surface area contributed by atoms with Gasteiger partial charge >= 0.3 is 0 Å². The van der Waals surface area contributed by atoms with E-state index in [0.717, 1.165) is 17.8 Å². The van der Waals surface area contributed by atoms with Crippen molar-refractivity contribution < 1.29 is 0 Å². The molecule has 0 amide bonds. The molecule has 0 aliphatic heterocycles. The summed E-state index contributed by atoms with van der Waals surface area (Å²) in [6, 6.07) is 10.6. The summed E-state index contributed by atoms with van der Waals surface area (Å²) in [6.45, 7) is 4.34. The molecule has 0 bridgehead atoms. The summed E-state index contributed by atoms with van der Waals surface area (Å²) in [5.41, 5.74) is 1.12. The van der Waals surface area contributed by atoms with Gasteiger partial charge in [-0.2, -0.15) is 0 Å². The molecule has 1 atom stereocenters. The lowest BCUT2D eigenvalue weighted by molar-refractivity contribution is 0.534. The quantitative estimate of drug-likeness (QED) is 0.764. The molecule has 2 aromatic rings. The molecule has 0 N–H and O–H groups in total. The maximum absolute atomic E-state index is 4.17. The molecular weight excluding hydrogens is 186 g/mol. The number of nitrogens with zero attached hydrogens (tertiary/aromatic N) is 3. The monoisotopic (exact) mass is 201 g/mol. The van der Waals surface area contributed by atoms with Crippen LogP contribution in [0.3, 0.4) is 0 Å². The number of hydrogen-bond acceptors (Lipinski definition) is 2. The molecule has 0 saturated carbocycles. The lowest BCUT2D eigenvalue weighted by Crippen LogP contribution is -2.04. The van der Waals surface area contributed by atoms with Crippen LogP contribution in [0.25, 0.3) is 11.4 Å². The Hall–Kier alpha value is -1.64. The first-order chi connectivity index (χ1) is 7.33.